The summed E-state index contributed by atoms with van der Waals surface area (Å²) in [5.74, 6) is 0.926. The summed E-state index contributed by atoms with van der Waals surface area (Å²) in [7, 11) is -4.73. The zero-order valence-corrected chi connectivity index (χ0v) is 17.5. The van der Waals surface area contributed by atoms with Crippen molar-refractivity contribution in [3.63, 3.8) is 0 Å². The van der Waals surface area contributed by atoms with Crippen molar-refractivity contribution < 1.29 is 34.8 Å². The van der Waals surface area contributed by atoms with Gasteiger partial charge in [-0.2, -0.15) is 26.3 Å². The first-order valence-corrected chi connectivity index (χ1v) is 11.4. The molecule has 1 aliphatic heterocycles. The maximum atomic E-state index is 13.0. The molecule has 0 unspecified atom stereocenters. The fourth-order valence-corrected chi connectivity index (χ4v) is 5.13. The van der Waals surface area contributed by atoms with Crippen molar-refractivity contribution in [3.8, 4) is 11.3 Å². The summed E-state index contributed by atoms with van der Waals surface area (Å²) in [5.41, 5.74) is -2.12. The van der Waals surface area contributed by atoms with E-state index in [0.29, 0.717) is 11.3 Å². The summed E-state index contributed by atoms with van der Waals surface area (Å²) < 4.78 is 107. The lowest BCUT2D eigenvalue weighted by molar-refractivity contribution is -0.143. The van der Waals surface area contributed by atoms with Gasteiger partial charge in [0.05, 0.1) is 21.7 Å². The summed E-state index contributed by atoms with van der Waals surface area (Å²) >= 11 is 1.60. The van der Waals surface area contributed by atoms with Crippen molar-refractivity contribution >= 4 is 27.5 Å². The van der Waals surface area contributed by atoms with Gasteiger partial charge in [0, 0.05) is 29.7 Å². The van der Waals surface area contributed by atoms with E-state index < -0.39 is 38.4 Å². The molecular weight excluding hydrogens is 480 g/mol. The van der Waals surface area contributed by atoms with Crippen LogP contribution in [-0.2, 0) is 28.9 Å². The van der Waals surface area contributed by atoms with Crippen LogP contribution in [0.15, 0.2) is 58.7 Å². The molecule has 0 amide bonds. The Morgan fingerprint density at radius 3 is 2.06 bits per heavy atom. The molecule has 1 aromatic heterocycles. The monoisotopic (exact) mass is 493 g/mol. The molecule has 0 radical (unpaired) electrons. The number of fused-ring (bicyclic) bond motifs is 1. The van der Waals surface area contributed by atoms with Gasteiger partial charge in [-0.15, -0.1) is 0 Å². The molecule has 0 fully saturated rings. The predicted octanol–water partition coefficient (Wildman–Crippen LogP) is 5.49. The van der Waals surface area contributed by atoms with Crippen molar-refractivity contribution in [2.45, 2.75) is 28.9 Å². The number of aromatic nitrogens is 2. The van der Waals surface area contributed by atoms with Gasteiger partial charge in [-0.05, 0) is 30.3 Å². The van der Waals surface area contributed by atoms with Gasteiger partial charge < -0.3 is 4.57 Å². The highest BCUT2D eigenvalue weighted by molar-refractivity contribution is 7.99. The number of hydrogen-bond donors (Lipinski definition) is 1. The van der Waals surface area contributed by atoms with Crippen LogP contribution in [0.3, 0.4) is 0 Å². The summed E-state index contributed by atoms with van der Waals surface area (Å²) in [6.07, 6.45) is -8.47. The molecule has 5 nitrogen and oxygen atoms in total. The van der Waals surface area contributed by atoms with E-state index in [1.165, 1.54) is 12.1 Å². The lowest BCUT2D eigenvalue weighted by atomic mass is 10.1. The van der Waals surface area contributed by atoms with Crippen LogP contribution in [0.25, 0.3) is 11.3 Å². The molecular formula is C19H13F6N3O2S2. The van der Waals surface area contributed by atoms with Crippen LogP contribution in [0.4, 0.5) is 32.0 Å². The van der Waals surface area contributed by atoms with Gasteiger partial charge in [0.2, 0.25) is 0 Å². The summed E-state index contributed by atoms with van der Waals surface area (Å²) in [5, 5.41) is 0.856. The first-order chi connectivity index (χ1) is 14.8. The van der Waals surface area contributed by atoms with Crippen molar-refractivity contribution in [1.82, 2.24) is 9.55 Å². The van der Waals surface area contributed by atoms with Crippen LogP contribution in [0.2, 0.25) is 0 Å². The van der Waals surface area contributed by atoms with Gasteiger partial charge in [0.1, 0.15) is 0 Å². The Bertz CT molecular complexity index is 1210. The SMILES string of the molecule is O=S(=O)(Nc1ccc(-c2cn3c(n2)SCC3)cc1)c1cc(C(F)(F)F)cc(C(F)(F)F)c1. The number of thioether (sulfide) groups is 1. The smallest absolute Gasteiger partial charge is 0.325 e. The van der Waals surface area contributed by atoms with E-state index in [2.05, 4.69) is 4.98 Å². The minimum atomic E-state index is -5.16. The van der Waals surface area contributed by atoms with Crippen molar-refractivity contribution in [1.29, 1.82) is 0 Å². The Hall–Kier alpha value is -2.67. The molecule has 0 saturated heterocycles. The molecule has 0 aliphatic carbocycles. The Morgan fingerprint density at radius 2 is 1.53 bits per heavy atom. The number of aryl methyl sites for hydroxylation is 1. The van der Waals surface area contributed by atoms with Crippen molar-refractivity contribution in [2.75, 3.05) is 10.5 Å². The fraction of sp³-hybridized carbons (Fsp3) is 0.211. The second-order valence-electron chi connectivity index (χ2n) is 6.88. The number of anilines is 1. The Balaban J connectivity index is 1.62. The van der Waals surface area contributed by atoms with Crippen LogP contribution in [0, 0.1) is 0 Å². The standard InChI is InChI=1S/C19H13F6N3O2S2/c20-18(21,22)12-7-13(19(23,24)25)9-15(8-12)32(29,30)27-14-3-1-11(2-4-14)16-10-28-5-6-31-17(28)26-16/h1-4,7-10,27H,5-6H2. The number of nitrogens with zero attached hydrogens (tertiary/aromatic N) is 2. The van der Waals surface area contributed by atoms with Gasteiger partial charge in [-0.25, -0.2) is 13.4 Å². The third kappa shape index (κ3) is 4.58. The molecule has 2 heterocycles. The third-order valence-electron chi connectivity index (χ3n) is 4.61. The lowest BCUT2D eigenvalue weighted by Gasteiger charge is -2.15. The zero-order valence-electron chi connectivity index (χ0n) is 15.8. The van der Waals surface area contributed by atoms with Crippen LogP contribution >= 0.6 is 11.8 Å². The van der Waals surface area contributed by atoms with E-state index in [-0.39, 0.29) is 23.9 Å². The van der Waals surface area contributed by atoms with Crippen LogP contribution in [0.5, 0.6) is 0 Å². The van der Waals surface area contributed by atoms with E-state index >= 15 is 0 Å². The minimum absolute atomic E-state index is 0.0270. The molecule has 2 aromatic carbocycles. The highest BCUT2D eigenvalue weighted by Crippen LogP contribution is 2.37. The Morgan fingerprint density at radius 1 is 0.938 bits per heavy atom. The number of sulfonamides is 1. The Labute approximate surface area is 182 Å². The number of alkyl halides is 6. The molecule has 32 heavy (non-hydrogen) atoms. The topological polar surface area (TPSA) is 64.0 Å². The quantitative estimate of drug-likeness (QED) is 0.488. The number of hydrogen-bond acceptors (Lipinski definition) is 4. The van der Waals surface area contributed by atoms with Gasteiger partial charge in [-0.3, -0.25) is 4.72 Å². The molecule has 0 bridgehead atoms. The predicted molar refractivity (Wildman–Crippen MR) is 106 cm³/mol. The number of halogens is 6. The van der Waals surface area contributed by atoms with Crippen LogP contribution in [0.1, 0.15) is 11.1 Å². The lowest BCUT2D eigenvalue weighted by Crippen LogP contribution is -2.17. The first-order valence-electron chi connectivity index (χ1n) is 8.96. The van der Waals surface area contributed by atoms with Gasteiger partial charge in [0.15, 0.2) is 5.16 Å². The van der Waals surface area contributed by atoms with Crippen LogP contribution < -0.4 is 4.72 Å². The highest BCUT2D eigenvalue weighted by Gasteiger charge is 2.38. The second kappa shape index (κ2) is 7.73. The first kappa shape index (κ1) is 22.5. The maximum absolute atomic E-state index is 13.0. The number of rotatable bonds is 4. The zero-order chi connectivity index (χ0) is 23.3. The molecule has 3 aromatic rings. The summed E-state index contributed by atoms with van der Waals surface area (Å²) in [6.45, 7) is 0.821. The molecule has 0 spiro atoms. The van der Waals surface area contributed by atoms with E-state index in [1.807, 2.05) is 15.5 Å². The average Bonchev–Trinajstić information content (AvgIpc) is 3.29. The molecule has 13 heteroatoms. The number of benzene rings is 2. The average molecular weight is 493 g/mol. The Kier molecular flexibility index (Phi) is 5.44. The van der Waals surface area contributed by atoms with Gasteiger partial charge >= 0.3 is 12.4 Å². The highest BCUT2D eigenvalue weighted by atomic mass is 32.2. The van der Waals surface area contributed by atoms with Gasteiger partial charge in [-0.1, -0.05) is 23.9 Å². The van der Waals surface area contributed by atoms with Gasteiger partial charge in [0.25, 0.3) is 10.0 Å². The molecule has 4 rings (SSSR count). The fourth-order valence-electron chi connectivity index (χ4n) is 3.05. The second-order valence-corrected chi connectivity index (χ2v) is 9.62. The largest absolute Gasteiger partial charge is 0.416 e. The van der Waals surface area contributed by atoms with Crippen molar-refractivity contribution in [3.05, 3.63) is 59.8 Å². The van der Waals surface area contributed by atoms with Crippen molar-refractivity contribution in [2.24, 2.45) is 0 Å². The maximum Gasteiger partial charge on any atom is 0.416 e. The van der Waals surface area contributed by atoms with E-state index in [4.69, 9.17) is 0 Å². The van der Waals surface area contributed by atoms with E-state index in [0.717, 1.165) is 17.5 Å². The molecule has 0 saturated carbocycles. The van der Waals surface area contributed by atoms with Crippen LogP contribution in [-0.4, -0.2) is 23.7 Å². The van der Waals surface area contributed by atoms with E-state index in [9.17, 15) is 34.8 Å². The molecule has 1 aliphatic rings. The molecule has 1 N–H and O–H groups in total. The minimum Gasteiger partial charge on any atom is -0.325 e. The molecule has 170 valence electrons. The van der Waals surface area contributed by atoms with E-state index in [1.54, 1.807) is 23.9 Å². The number of nitrogens with one attached hydrogen (secondary N) is 1. The number of imidazole rings is 1. The normalized spacial score (nSPS) is 14.4. The summed E-state index contributed by atoms with van der Waals surface area (Å²) in [4.78, 5) is 3.31. The summed E-state index contributed by atoms with van der Waals surface area (Å²) in [6, 6.07) is 5.99. The molecule has 0 atom stereocenters. The third-order valence-corrected chi connectivity index (χ3v) is 6.94.